The van der Waals surface area contributed by atoms with Crippen molar-refractivity contribution in [2.75, 3.05) is 5.32 Å². The van der Waals surface area contributed by atoms with Gasteiger partial charge in [-0.1, -0.05) is 30.3 Å². The lowest BCUT2D eigenvalue weighted by Crippen LogP contribution is -2.43. The number of nitrogens with zero attached hydrogens (tertiary/aromatic N) is 5. The van der Waals surface area contributed by atoms with E-state index in [4.69, 9.17) is 5.11 Å². The number of anilines is 1. The number of hydrogen-bond donors (Lipinski definition) is 3. The Morgan fingerprint density at radius 2 is 2.11 bits per heavy atom. The van der Waals surface area contributed by atoms with E-state index in [0.717, 1.165) is 5.56 Å². The summed E-state index contributed by atoms with van der Waals surface area (Å²) in [5, 5.41) is 22.9. The number of aromatic nitrogens is 5. The Kier molecular flexibility index (Phi) is 4.85. The van der Waals surface area contributed by atoms with Crippen molar-refractivity contribution in [1.29, 1.82) is 0 Å². The van der Waals surface area contributed by atoms with E-state index in [2.05, 4.69) is 25.8 Å². The number of hydrogen-bond acceptors (Lipinski definition) is 6. The summed E-state index contributed by atoms with van der Waals surface area (Å²) in [6.45, 7) is 0.724. The number of nitrogens with one attached hydrogen (secondary N) is 2. The molecule has 1 aromatic carbocycles. The molecular formula is C18H19N7O3. The molecule has 0 bridgehead atoms. The average Bonchev–Trinajstić information content (AvgIpc) is 3.29. The number of aryl methyl sites for hydroxylation is 1. The quantitative estimate of drug-likeness (QED) is 0.578. The smallest absolute Gasteiger partial charge is 0.291 e. The van der Waals surface area contributed by atoms with Gasteiger partial charge in [0.15, 0.2) is 0 Å². The number of benzene rings is 1. The molecule has 28 heavy (non-hydrogen) atoms. The van der Waals surface area contributed by atoms with Crippen molar-refractivity contribution in [3.8, 4) is 0 Å². The highest BCUT2D eigenvalue weighted by molar-refractivity contribution is 5.99. The molecular weight excluding hydrogens is 362 g/mol. The van der Waals surface area contributed by atoms with E-state index in [1.807, 2.05) is 30.3 Å². The zero-order valence-electron chi connectivity index (χ0n) is 14.9. The molecule has 3 aromatic rings. The molecule has 1 aliphatic heterocycles. The lowest BCUT2D eigenvalue weighted by Gasteiger charge is -2.13. The first-order valence-electron chi connectivity index (χ1n) is 8.85. The summed E-state index contributed by atoms with van der Waals surface area (Å²) in [5.41, 5.74) is 1.52. The third-order valence-corrected chi connectivity index (χ3v) is 4.42. The van der Waals surface area contributed by atoms with Crippen molar-refractivity contribution in [3.63, 3.8) is 0 Å². The van der Waals surface area contributed by atoms with E-state index in [9.17, 15) is 9.59 Å². The fourth-order valence-electron chi connectivity index (χ4n) is 3.02. The summed E-state index contributed by atoms with van der Waals surface area (Å²) in [5.74, 6) is -0.355. The van der Waals surface area contributed by atoms with Crippen LogP contribution in [-0.2, 0) is 24.5 Å². The average molecular weight is 381 g/mol. The van der Waals surface area contributed by atoms with Crippen LogP contribution < -0.4 is 10.6 Å². The number of rotatable bonds is 5. The molecule has 3 heterocycles. The zero-order valence-corrected chi connectivity index (χ0v) is 14.9. The van der Waals surface area contributed by atoms with Crippen molar-refractivity contribution in [2.24, 2.45) is 0 Å². The van der Waals surface area contributed by atoms with Crippen LogP contribution in [0.15, 0.2) is 42.7 Å². The number of carbonyl (C=O) groups is 2. The number of fused-ring (bicyclic) bond motifs is 1. The summed E-state index contributed by atoms with van der Waals surface area (Å²) in [6, 6.07) is 10.6. The fourth-order valence-corrected chi connectivity index (χ4v) is 3.02. The van der Waals surface area contributed by atoms with Crippen LogP contribution in [0.4, 0.5) is 5.82 Å². The van der Waals surface area contributed by atoms with Crippen LogP contribution in [0.1, 0.15) is 28.3 Å². The van der Waals surface area contributed by atoms with E-state index >= 15 is 0 Å². The van der Waals surface area contributed by atoms with Gasteiger partial charge in [-0.05, 0) is 12.0 Å². The Bertz CT molecular complexity index is 996. The molecule has 0 unspecified atom stereocenters. The van der Waals surface area contributed by atoms with Gasteiger partial charge in [-0.3, -0.25) is 9.59 Å². The molecule has 0 radical (unpaired) electrons. The topological polar surface area (TPSA) is 127 Å². The highest BCUT2D eigenvalue weighted by Crippen LogP contribution is 2.16. The van der Waals surface area contributed by atoms with Gasteiger partial charge in [0.05, 0.1) is 18.8 Å². The van der Waals surface area contributed by atoms with Gasteiger partial charge in [0.25, 0.3) is 5.91 Å². The van der Waals surface area contributed by atoms with E-state index in [1.54, 1.807) is 15.4 Å². The summed E-state index contributed by atoms with van der Waals surface area (Å²) in [4.78, 5) is 28.9. The largest absolute Gasteiger partial charge is 0.390 e. The van der Waals surface area contributed by atoms with Crippen LogP contribution in [0.3, 0.4) is 0 Å². The van der Waals surface area contributed by atoms with Crippen LogP contribution in [0.5, 0.6) is 0 Å². The molecule has 4 rings (SSSR count). The second kappa shape index (κ2) is 7.61. The summed E-state index contributed by atoms with van der Waals surface area (Å²) < 4.78 is 3.17. The maximum Gasteiger partial charge on any atom is 0.291 e. The zero-order chi connectivity index (χ0) is 19.5. The molecule has 0 saturated heterocycles. The highest BCUT2D eigenvalue weighted by atomic mass is 16.3. The standard InChI is InChI=1S/C18H19N7O3/c26-10-13-8-15-21-17(27)14(6-7-25(15)22-13)20-18(28)16-19-11-24(23-16)9-12-4-2-1-3-5-12/h1-5,8,11,14,26H,6-7,9-10H2,(H,20,28)(H,21,27)/t14-/m0/s1. The number of amides is 2. The molecule has 10 nitrogen and oxygen atoms in total. The van der Waals surface area contributed by atoms with E-state index in [-0.39, 0.29) is 18.3 Å². The van der Waals surface area contributed by atoms with Crippen molar-refractivity contribution in [1.82, 2.24) is 29.9 Å². The van der Waals surface area contributed by atoms with Crippen molar-refractivity contribution < 1.29 is 14.7 Å². The Morgan fingerprint density at radius 3 is 2.89 bits per heavy atom. The van der Waals surface area contributed by atoms with Gasteiger partial charge in [-0.25, -0.2) is 14.3 Å². The highest BCUT2D eigenvalue weighted by Gasteiger charge is 2.27. The normalized spacial score (nSPS) is 16.2. The molecule has 3 N–H and O–H groups in total. The first kappa shape index (κ1) is 17.9. The third kappa shape index (κ3) is 3.76. The van der Waals surface area contributed by atoms with Gasteiger partial charge in [-0.2, -0.15) is 5.10 Å². The van der Waals surface area contributed by atoms with Crippen LogP contribution in [0.25, 0.3) is 0 Å². The van der Waals surface area contributed by atoms with Crippen LogP contribution in [0, 0.1) is 0 Å². The molecule has 0 saturated carbocycles. The second-order valence-electron chi connectivity index (χ2n) is 6.46. The van der Waals surface area contributed by atoms with Crippen molar-refractivity contribution in [3.05, 3.63) is 59.8 Å². The molecule has 10 heteroatoms. The monoisotopic (exact) mass is 381 g/mol. The van der Waals surface area contributed by atoms with Gasteiger partial charge in [0.1, 0.15) is 18.2 Å². The Balaban J connectivity index is 1.40. The van der Waals surface area contributed by atoms with Crippen LogP contribution in [0.2, 0.25) is 0 Å². The molecule has 2 amide bonds. The molecule has 0 aliphatic carbocycles. The van der Waals surface area contributed by atoms with Gasteiger partial charge in [0.2, 0.25) is 11.7 Å². The Hall–Kier alpha value is -3.53. The van der Waals surface area contributed by atoms with E-state index in [1.165, 1.54) is 6.33 Å². The van der Waals surface area contributed by atoms with Crippen molar-refractivity contribution >= 4 is 17.6 Å². The molecule has 2 aromatic heterocycles. The molecule has 1 aliphatic rings. The Morgan fingerprint density at radius 1 is 1.29 bits per heavy atom. The number of aliphatic hydroxyl groups excluding tert-OH is 1. The third-order valence-electron chi connectivity index (χ3n) is 4.42. The molecule has 1 atom stereocenters. The van der Waals surface area contributed by atoms with Crippen molar-refractivity contribution in [2.45, 2.75) is 32.2 Å². The minimum atomic E-state index is -0.729. The number of carbonyl (C=O) groups excluding carboxylic acids is 2. The van der Waals surface area contributed by atoms with Crippen LogP contribution in [-0.4, -0.2) is 47.5 Å². The summed E-state index contributed by atoms with van der Waals surface area (Å²) >= 11 is 0. The minimum absolute atomic E-state index is 0.00767. The first-order chi connectivity index (χ1) is 13.6. The minimum Gasteiger partial charge on any atom is -0.390 e. The van der Waals surface area contributed by atoms with E-state index < -0.39 is 11.9 Å². The predicted octanol–water partition coefficient (Wildman–Crippen LogP) is 0.156. The molecule has 144 valence electrons. The second-order valence-corrected chi connectivity index (χ2v) is 6.46. The predicted molar refractivity (Wildman–Crippen MR) is 98.2 cm³/mol. The maximum absolute atomic E-state index is 12.5. The Labute approximate surface area is 160 Å². The SMILES string of the molecule is O=C(N[C@H]1CCn2nc(CO)cc2NC1=O)c1ncn(Cc2ccccc2)n1. The molecule has 0 fully saturated rings. The lowest BCUT2D eigenvalue weighted by molar-refractivity contribution is -0.118. The number of aliphatic hydroxyl groups is 1. The maximum atomic E-state index is 12.5. The first-order valence-corrected chi connectivity index (χ1v) is 8.85. The van der Waals surface area contributed by atoms with Gasteiger partial charge < -0.3 is 15.7 Å². The van der Waals surface area contributed by atoms with E-state index in [0.29, 0.717) is 31.0 Å². The summed E-state index contributed by atoms with van der Waals surface area (Å²) in [6.07, 6.45) is 1.85. The fraction of sp³-hybridized carbons (Fsp3) is 0.278. The van der Waals surface area contributed by atoms with Gasteiger partial charge in [-0.15, -0.1) is 5.10 Å². The summed E-state index contributed by atoms with van der Waals surface area (Å²) in [7, 11) is 0. The van der Waals surface area contributed by atoms with Gasteiger partial charge >= 0.3 is 0 Å². The van der Waals surface area contributed by atoms with Crippen LogP contribution >= 0.6 is 0 Å². The molecule has 0 spiro atoms. The van der Waals surface area contributed by atoms with Gasteiger partial charge in [0, 0.05) is 12.6 Å². The lowest BCUT2D eigenvalue weighted by atomic mass is 10.2.